The van der Waals surface area contributed by atoms with Crippen LogP contribution in [0.1, 0.15) is 34.8 Å². The second-order valence-electron chi connectivity index (χ2n) is 5.78. The summed E-state index contributed by atoms with van der Waals surface area (Å²) >= 11 is 1.10. The number of carboxylic acid groups (broad SMARTS) is 1. The Morgan fingerprint density at radius 1 is 1.46 bits per heavy atom. The van der Waals surface area contributed by atoms with Crippen LogP contribution in [-0.2, 0) is 0 Å². The van der Waals surface area contributed by atoms with E-state index >= 15 is 0 Å². The summed E-state index contributed by atoms with van der Waals surface area (Å²) in [4.78, 5) is 15.6. The Labute approximate surface area is 156 Å². The molecule has 4 N–H and O–H groups in total. The van der Waals surface area contributed by atoms with Crippen LogP contribution in [0.5, 0.6) is 5.75 Å². The van der Waals surface area contributed by atoms with E-state index in [2.05, 4.69) is 11.1 Å². The lowest BCUT2D eigenvalue weighted by molar-refractivity contribution is 0.0701. The molecule has 0 spiro atoms. The first-order valence-electron chi connectivity index (χ1n) is 8.03. The van der Waals surface area contributed by atoms with Gasteiger partial charge >= 0.3 is 5.97 Å². The minimum atomic E-state index is -0.987. The van der Waals surface area contributed by atoms with Crippen molar-refractivity contribution in [1.29, 1.82) is 5.26 Å². The standard InChI is InChI=1S/C16H16N2O3S.C2H7NO/c1-9(2)8-21-13-5-4-11(6-12(13)7-17)15-18-10(3)14(22-15)16(19)20;3-1-2-4/h4-6,9H,8H2,1-3H3,(H,19,20);4H,1-3H2. The zero-order chi connectivity index (χ0) is 19.7. The molecule has 8 heteroatoms. The number of nitrogens with zero attached hydrogens (tertiary/aromatic N) is 2. The summed E-state index contributed by atoms with van der Waals surface area (Å²) in [6.45, 7) is 6.74. The van der Waals surface area contributed by atoms with E-state index in [-0.39, 0.29) is 11.5 Å². The number of nitriles is 1. The number of aliphatic hydroxyl groups is 1. The molecule has 0 aliphatic heterocycles. The van der Waals surface area contributed by atoms with Gasteiger partial charge in [-0.3, -0.25) is 0 Å². The van der Waals surface area contributed by atoms with Crippen molar-refractivity contribution in [2.24, 2.45) is 11.7 Å². The van der Waals surface area contributed by atoms with Crippen LogP contribution in [-0.4, -0.2) is 40.9 Å². The normalized spacial score (nSPS) is 10.0. The number of benzene rings is 1. The molecule has 0 bridgehead atoms. The summed E-state index contributed by atoms with van der Waals surface area (Å²) in [6, 6.07) is 7.31. The van der Waals surface area contributed by atoms with E-state index in [4.69, 9.17) is 20.7 Å². The van der Waals surface area contributed by atoms with E-state index in [1.807, 2.05) is 13.8 Å². The second-order valence-corrected chi connectivity index (χ2v) is 6.78. The van der Waals surface area contributed by atoms with Gasteiger partial charge < -0.3 is 20.7 Å². The molecular weight excluding hydrogens is 354 g/mol. The van der Waals surface area contributed by atoms with Crippen LogP contribution in [0.4, 0.5) is 0 Å². The first-order valence-corrected chi connectivity index (χ1v) is 8.84. The van der Waals surface area contributed by atoms with Crippen LogP contribution < -0.4 is 10.5 Å². The third-order valence-electron chi connectivity index (χ3n) is 3.04. The van der Waals surface area contributed by atoms with E-state index in [1.54, 1.807) is 25.1 Å². The molecule has 0 atom stereocenters. The largest absolute Gasteiger partial charge is 0.492 e. The number of carboxylic acids is 1. The summed E-state index contributed by atoms with van der Waals surface area (Å²) < 4.78 is 5.61. The minimum Gasteiger partial charge on any atom is -0.492 e. The maximum absolute atomic E-state index is 11.1. The summed E-state index contributed by atoms with van der Waals surface area (Å²) in [6.07, 6.45) is 0. The van der Waals surface area contributed by atoms with Gasteiger partial charge in [0, 0.05) is 12.1 Å². The van der Waals surface area contributed by atoms with Gasteiger partial charge in [-0.25, -0.2) is 9.78 Å². The molecule has 0 aliphatic carbocycles. The number of ether oxygens (including phenoxy) is 1. The number of hydrogen-bond donors (Lipinski definition) is 3. The zero-order valence-electron chi connectivity index (χ0n) is 15.0. The average Bonchev–Trinajstić information content (AvgIpc) is 3.02. The van der Waals surface area contributed by atoms with Gasteiger partial charge in [0.05, 0.1) is 24.5 Å². The highest BCUT2D eigenvalue weighted by Crippen LogP contribution is 2.31. The van der Waals surface area contributed by atoms with Gasteiger partial charge in [-0.15, -0.1) is 11.3 Å². The van der Waals surface area contributed by atoms with Crippen LogP contribution in [0.25, 0.3) is 10.6 Å². The predicted molar refractivity (Wildman–Crippen MR) is 100 cm³/mol. The number of carbonyl (C=O) groups is 1. The lowest BCUT2D eigenvalue weighted by atomic mass is 10.1. The number of rotatable bonds is 6. The third kappa shape index (κ3) is 6.11. The van der Waals surface area contributed by atoms with Crippen molar-refractivity contribution in [2.75, 3.05) is 19.8 Å². The number of aryl methyl sites for hydroxylation is 1. The lowest BCUT2D eigenvalue weighted by Gasteiger charge is -2.10. The Hall–Kier alpha value is -2.47. The topological polar surface area (TPSA) is 129 Å². The molecule has 1 aromatic heterocycles. The molecule has 140 valence electrons. The molecule has 26 heavy (non-hydrogen) atoms. The molecular formula is C18H23N3O4S. The smallest absolute Gasteiger partial charge is 0.347 e. The van der Waals surface area contributed by atoms with Gasteiger partial charge in [-0.1, -0.05) is 13.8 Å². The monoisotopic (exact) mass is 377 g/mol. The first kappa shape index (κ1) is 21.6. The third-order valence-corrected chi connectivity index (χ3v) is 4.23. The molecule has 1 heterocycles. The van der Waals surface area contributed by atoms with Crippen molar-refractivity contribution in [3.63, 3.8) is 0 Å². The van der Waals surface area contributed by atoms with Crippen molar-refractivity contribution in [3.8, 4) is 22.4 Å². The Bertz CT molecular complexity index is 779. The molecule has 1 aromatic carbocycles. The number of aliphatic hydroxyl groups excluding tert-OH is 1. The van der Waals surface area contributed by atoms with Gasteiger partial charge in [0.1, 0.15) is 21.7 Å². The van der Waals surface area contributed by atoms with Gasteiger partial charge in [0.2, 0.25) is 0 Å². The highest BCUT2D eigenvalue weighted by atomic mass is 32.1. The molecule has 0 fully saturated rings. The fourth-order valence-electron chi connectivity index (χ4n) is 1.85. The van der Waals surface area contributed by atoms with E-state index in [0.717, 1.165) is 11.3 Å². The Morgan fingerprint density at radius 3 is 2.58 bits per heavy atom. The zero-order valence-corrected chi connectivity index (χ0v) is 15.8. The average molecular weight is 377 g/mol. The number of nitrogens with two attached hydrogens (primary N) is 1. The molecule has 0 unspecified atom stereocenters. The summed E-state index contributed by atoms with van der Waals surface area (Å²) in [5.41, 5.74) is 6.39. The minimum absolute atomic E-state index is 0.0972. The molecule has 0 amide bonds. The second kappa shape index (κ2) is 10.5. The van der Waals surface area contributed by atoms with Crippen LogP contribution in [0.15, 0.2) is 18.2 Å². The molecule has 0 radical (unpaired) electrons. The first-order chi connectivity index (χ1) is 12.3. The SMILES string of the molecule is Cc1nc(-c2ccc(OCC(C)C)c(C#N)c2)sc1C(=O)O.NCCO. The van der Waals surface area contributed by atoms with E-state index in [0.29, 0.717) is 46.6 Å². The maximum atomic E-state index is 11.1. The maximum Gasteiger partial charge on any atom is 0.347 e. The van der Waals surface area contributed by atoms with Gasteiger partial charge in [0.15, 0.2) is 0 Å². The summed E-state index contributed by atoms with van der Waals surface area (Å²) in [5.74, 6) is -0.0868. The van der Waals surface area contributed by atoms with Crippen LogP contribution in [0.2, 0.25) is 0 Å². The Morgan fingerprint density at radius 2 is 2.12 bits per heavy atom. The predicted octanol–water partition coefficient (Wildman–Crippen LogP) is 2.66. The fourth-order valence-corrected chi connectivity index (χ4v) is 2.75. The molecule has 0 aliphatic rings. The summed E-state index contributed by atoms with van der Waals surface area (Å²) in [5, 5.41) is 26.7. The number of hydrogen-bond acceptors (Lipinski definition) is 7. The highest BCUT2D eigenvalue weighted by Gasteiger charge is 2.16. The van der Waals surface area contributed by atoms with E-state index in [1.165, 1.54) is 0 Å². The van der Waals surface area contributed by atoms with Crippen molar-refractivity contribution in [2.45, 2.75) is 20.8 Å². The summed E-state index contributed by atoms with van der Waals surface area (Å²) in [7, 11) is 0. The van der Waals surface area contributed by atoms with Crippen LogP contribution in [0.3, 0.4) is 0 Å². The van der Waals surface area contributed by atoms with E-state index < -0.39 is 5.97 Å². The van der Waals surface area contributed by atoms with Crippen molar-refractivity contribution < 1.29 is 19.7 Å². The number of aromatic carboxylic acids is 1. The molecule has 2 aromatic rings. The Kier molecular flexibility index (Phi) is 8.72. The molecule has 7 nitrogen and oxygen atoms in total. The molecule has 2 rings (SSSR count). The fraction of sp³-hybridized carbons (Fsp3) is 0.389. The number of aromatic nitrogens is 1. The van der Waals surface area contributed by atoms with Crippen LogP contribution in [0, 0.1) is 24.2 Å². The number of thiazole rings is 1. The van der Waals surface area contributed by atoms with Gasteiger partial charge in [-0.2, -0.15) is 5.26 Å². The van der Waals surface area contributed by atoms with Gasteiger partial charge in [-0.05, 0) is 31.0 Å². The molecule has 0 saturated heterocycles. The van der Waals surface area contributed by atoms with Crippen molar-refractivity contribution in [1.82, 2.24) is 4.98 Å². The van der Waals surface area contributed by atoms with E-state index in [9.17, 15) is 10.1 Å². The van der Waals surface area contributed by atoms with Crippen molar-refractivity contribution >= 4 is 17.3 Å². The lowest BCUT2D eigenvalue weighted by Crippen LogP contribution is -2.05. The van der Waals surface area contributed by atoms with Gasteiger partial charge in [0.25, 0.3) is 0 Å². The Balaban J connectivity index is 0.000000765. The van der Waals surface area contributed by atoms with Crippen molar-refractivity contribution in [3.05, 3.63) is 34.3 Å². The highest BCUT2D eigenvalue weighted by molar-refractivity contribution is 7.17. The van der Waals surface area contributed by atoms with Crippen LogP contribution >= 0.6 is 11.3 Å². The molecule has 0 saturated carbocycles. The quantitative estimate of drug-likeness (QED) is 0.705.